The predicted octanol–water partition coefficient (Wildman–Crippen LogP) is 2.91. The molecule has 2 heterocycles. The van der Waals surface area contributed by atoms with Crippen LogP contribution in [0.3, 0.4) is 0 Å². The van der Waals surface area contributed by atoms with Gasteiger partial charge in [-0.05, 0) is 25.9 Å². The molecule has 0 spiro atoms. The van der Waals surface area contributed by atoms with E-state index < -0.39 is 0 Å². The maximum atomic E-state index is 9.16. The largest absolute Gasteiger partial charge is 0.297 e. The molecule has 1 aromatic heterocycles. The highest BCUT2D eigenvalue weighted by Crippen LogP contribution is 2.29. The van der Waals surface area contributed by atoms with Gasteiger partial charge in [0.25, 0.3) is 0 Å². The standard InChI is InChI=1S/C13H19N3S/c1-13(2,3)12-10(8-14)17-11(15-12)9-16-6-4-5-7-16/h4-7,9H2,1-3H3. The Morgan fingerprint density at radius 3 is 2.47 bits per heavy atom. The first-order chi connectivity index (χ1) is 8.00. The summed E-state index contributed by atoms with van der Waals surface area (Å²) in [4.78, 5) is 7.88. The average molecular weight is 249 g/mol. The van der Waals surface area contributed by atoms with Gasteiger partial charge >= 0.3 is 0 Å². The van der Waals surface area contributed by atoms with E-state index in [1.165, 1.54) is 25.9 Å². The molecule has 0 amide bonds. The molecular weight excluding hydrogens is 230 g/mol. The second-order valence-corrected chi connectivity index (χ2v) is 6.71. The highest BCUT2D eigenvalue weighted by molar-refractivity contribution is 7.12. The van der Waals surface area contributed by atoms with Crippen molar-refractivity contribution >= 4 is 11.3 Å². The normalized spacial score (nSPS) is 17.3. The van der Waals surface area contributed by atoms with Crippen molar-refractivity contribution in [3.05, 3.63) is 15.6 Å². The fraction of sp³-hybridized carbons (Fsp3) is 0.692. The van der Waals surface area contributed by atoms with E-state index in [0.717, 1.165) is 22.1 Å². The van der Waals surface area contributed by atoms with Crippen molar-refractivity contribution in [2.75, 3.05) is 13.1 Å². The molecule has 1 saturated heterocycles. The van der Waals surface area contributed by atoms with Crippen LogP contribution in [-0.2, 0) is 12.0 Å². The summed E-state index contributed by atoms with van der Waals surface area (Å²) in [6, 6.07) is 2.28. The molecule has 3 nitrogen and oxygen atoms in total. The topological polar surface area (TPSA) is 39.9 Å². The fourth-order valence-electron chi connectivity index (χ4n) is 2.15. The molecule has 0 bridgehead atoms. The zero-order chi connectivity index (χ0) is 12.5. The summed E-state index contributed by atoms with van der Waals surface area (Å²) >= 11 is 1.56. The smallest absolute Gasteiger partial charge is 0.128 e. The number of nitrogens with zero attached hydrogens (tertiary/aromatic N) is 3. The molecule has 0 unspecified atom stereocenters. The van der Waals surface area contributed by atoms with Crippen LogP contribution in [0.2, 0.25) is 0 Å². The summed E-state index contributed by atoms with van der Waals surface area (Å²) in [6.45, 7) is 9.60. The molecule has 0 aliphatic carbocycles. The number of hydrogen-bond donors (Lipinski definition) is 0. The molecule has 1 aliphatic rings. The van der Waals surface area contributed by atoms with E-state index in [9.17, 15) is 0 Å². The van der Waals surface area contributed by atoms with Crippen LogP contribution in [-0.4, -0.2) is 23.0 Å². The van der Waals surface area contributed by atoms with Crippen molar-refractivity contribution < 1.29 is 0 Å². The summed E-state index contributed by atoms with van der Waals surface area (Å²) in [6.07, 6.45) is 2.59. The molecule has 17 heavy (non-hydrogen) atoms. The van der Waals surface area contributed by atoms with Gasteiger partial charge in [0.05, 0.1) is 12.2 Å². The lowest BCUT2D eigenvalue weighted by Gasteiger charge is -2.15. The molecule has 1 aromatic rings. The number of likely N-dealkylation sites (tertiary alicyclic amines) is 1. The van der Waals surface area contributed by atoms with E-state index in [-0.39, 0.29) is 5.41 Å². The van der Waals surface area contributed by atoms with Gasteiger partial charge in [0.2, 0.25) is 0 Å². The fourth-order valence-corrected chi connectivity index (χ4v) is 3.26. The molecule has 1 aliphatic heterocycles. The maximum Gasteiger partial charge on any atom is 0.128 e. The number of thiazole rings is 1. The Morgan fingerprint density at radius 2 is 2.00 bits per heavy atom. The van der Waals surface area contributed by atoms with E-state index in [4.69, 9.17) is 5.26 Å². The van der Waals surface area contributed by atoms with Crippen molar-refractivity contribution in [1.82, 2.24) is 9.88 Å². The van der Waals surface area contributed by atoms with Gasteiger partial charge in [-0.1, -0.05) is 20.8 Å². The Bertz CT molecular complexity index is 430. The third-order valence-electron chi connectivity index (χ3n) is 3.04. The van der Waals surface area contributed by atoms with Crippen LogP contribution in [0.15, 0.2) is 0 Å². The zero-order valence-electron chi connectivity index (χ0n) is 10.8. The molecule has 0 N–H and O–H groups in total. The Morgan fingerprint density at radius 1 is 1.35 bits per heavy atom. The zero-order valence-corrected chi connectivity index (χ0v) is 11.6. The summed E-state index contributed by atoms with van der Waals surface area (Å²) in [5.74, 6) is 0. The minimum absolute atomic E-state index is 0.0369. The monoisotopic (exact) mass is 249 g/mol. The molecule has 0 aromatic carbocycles. The molecule has 0 saturated carbocycles. The van der Waals surface area contributed by atoms with Crippen molar-refractivity contribution in [2.45, 2.75) is 45.6 Å². The SMILES string of the molecule is CC(C)(C)c1nc(CN2CCCC2)sc1C#N. The first-order valence-corrected chi connectivity index (χ1v) is 6.95. The maximum absolute atomic E-state index is 9.16. The number of aromatic nitrogens is 1. The molecule has 4 heteroatoms. The lowest BCUT2D eigenvalue weighted by Crippen LogP contribution is -2.19. The number of hydrogen-bond acceptors (Lipinski definition) is 4. The van der Waals surface area contributed by atoms with E-state index in [1.807, 2.05) is 0 Å². The second kappa shape index (κ2) is 4.75. The Labute approximate surface area is 107 Å². The van der Waals surface area contributed by atoms with Gasteiger partial charge in [-0.3, -0.25) is 4.90 Å². The quantitative estimate of drug-likeness (QED) is 0.809. The molecule has 0 radical (unpaired) electrons. The van der Waals surface area contributed by atoms with Gasteiger partial charge < -0.3 is 0 Å². The van der Waals surface area contributed by atoms with Gasteiger partial charge in [-0.15, -0.1) is 11.3 Å². The third-order valence-corrected chi connectivity index (χ3v) is 3.99. The van der Waals surface area contributed by atoms with Crippen molar-refractivity contribution in [1.29, 1.82) is 5.26 Å². The molecule has 2 rings (SSSR count). The van der Waals surface area contributed by atoms with Crippen LogP contribution in [0, 0.1) is 11.3 Å². The lowest BCUT2D eigenvalue weighted by molar-refractivity contribution is 0.330. The molecular formula is C13H19N3S. The number of nitriles is 1. The lowest BCUT2D eigenvalue weighted by atomic mass is 9.91. The van der Waals surface area contributed by atoms with Crippen LogP contribution in [0.25, 0.3) is 0 Å². The van der Waals surface area contributed by atoms with Gasteiger partial charge in [-0.2, -0.15) is 5.26 Å². The van der Waals surface area contributed by atoms with Crippen LogP contribution < -0.4 is 0 Å². The summed E-state index contributed by atoms with van der Waals surface area (Å²) in [5, 5.41) is 10.3. The number of rotatable bonds is 2. The van der Waals surface area contributed by atoms with Crippen LogP contribution >= 0.6 is 11.3 Å². The van der Waals surface area contributed by atoms with E-state index in [1.54, 1.807) is 11.3 Å². The van der Waals surface area contributed by atoms with Gasteiger partial charge in [0.15, 0.2) is 0 Å². The summed E-state index contributed by atoms with van der Waals surface area (Å²) in [7, 11) is 0. The predicted molar refractivity (Wildman–Crippen MR) is 70.0 cm³/mol. The Balaban J connectivity index is 2.19. The molecule has 92 valence electrons. The third kappa shape index (κ3) is 2.85. The highest BCUT2D eigenvalue weighted by Gasteiger charge is 2.24. The first-order valence-electron chi connectivity index (χ1n) is 6.13. The summed E-state index contributed by atoms with van der Waals surface area (Å²) < 4.78 is 0. The minimum Gasteiger partial charge on any atom is -0.297 e. The summed E-state index contributed by atoms with van der Waals surface area (Å²) in [5.41, 5.74) is 0.921. The van der Waals surface area contributed by atoms with Gasteiger partial charge in [0, 0.05) is 5.41 Å². The van der Waals surface area contributed by atoms with Crippen LogP contribution in [0.4, 0.5) is 0 Å². The van der Waals surface area contributed by atoms with Crippen LogP contribution in [0.1, 0.15) is 49.2 Å². The van der Waals surface area contributed by atoms with Gasteiger partial charge in [0.1, 0.15) is 16.0 Å². The Hall–Kier alpha value is -0.920. The molecule has 1 fully saturated rings. The van der Waals surface area contributed by atoms with E-state index in [0.29, 0.717) is 0 Å². The van der Waals surface area contributed by atoms with Gasteiger partial charge in [-0.25, -0.2) is 4.98 Å². The minimum atomic E-state index is -0.0369. The molecule has 0 atom stereocenters. The van der Waals surface area contributed by atoms with Crippen molar-refractivity contribution in [2.24, 2.45) is 0 Å². The second-order valence-electron chi connectivity index (χ2n) is 5.63. The van der Waals surface area contributed by atoms with E-state index >= 15 is 0 Å². The van der Waals surface area contributed by atoms with Crippen molar-refractivity contribution in [3.63, 3.8) is 0 Å². The average Bonchev–Trinajstić information content (AvgIpc) is 2.86. The Kier molecular flexibility index (Phi) is 3.50. The van der Waals surface area contributed by atoms with E-state index in [2.05, 4.69) is 36.7 Å². The van der Waals surface area contributed by atoms with Crippen molar-refractivity contribution in [3.8, 4) is 6.07 Å². The first kappa shape index (κ1) is 12.5. The van der Waals surface area contributed by atoms with Crippen LogP contribution in [0.5, 0.6) is 0 Å². The highest BCUT2D eigenvalue weighted by atomic mass is 32.1.